The lowest BCUT2D eigenvalue weighted by molar-refractivity contribution is 0.0697. The fourth-order valence-corrected chi connectivity index (χ4v) is 1.45. The summed E-state index contributed by atoms with van der Waals surface area (Å²) < 4.78 is 1.53. The van der Waals surface area contributed by atoms with Crippen LogP contribution in [0.4, 0.5) is 11.6 Å². The van der Waals surface area contributed by atoms with E-state index < -0.39 is 5.97 Å². The minimum atomic E-state index is -0.945. The summed E-state index contributed by atoms with van der Waals surface area (Å²) in [5, 5.41) is 19.9. The molecule has 1 aromatic heterocycles. The van der Waals surface area contributed by atoms with Crippen molar-refractivity contribution in [2.24, 2.45) is 7.05 Å². The molecular formula is C10H11N5O2. The first kappa shape index (κ1) is 11.1. The molecule has 0 unspecified atom stereocenters. The first-order chi connectivity index (χ1) is 8.09. The minimum Gasteiger partial charge on any atom is -0.478 e. The highest BCUT2D eigenvalue weighted by molar-refractivity contribution is 5.88. The second-order valence-electron chi connectivity index (χ2n) is 3.51. The normalized spacial score (nSPS) is 10.2. The van der Waals surface area contributed by atoms with Gasteiger partial charge in [0.05, 0.1) is 5.56 Å². The SMILES string of the molecule is CN(c1ccc(C(=O)O)cc1)c1nnnn1C. The van der Waals surface area contributed by atoms with Crippen LogP contribution in [-0.4, -0.2) is 38.3 Å². The molecule has 0 saturated carbocycles. The first-order valence-electron chi connectivity index (χ1n) is 4.89. The van der Waals surface area contributed by atoms with Crippen molar-refractivity contribution in [3.63, 3.8) is 0 Å². The molecule has 7 nitrogen and oxygen atoms in total. The summed E-state index contributed by atoms with van der Waals surface area (Å²) in [6, 6.07) is 6.49. The van der Waals surface area contributed by atoms with Gasteiger partial charge in [-0.2, -0.15) is 0 Å². The van der Waals surface area contributed by atoms with Crippen molar-refractivity contribution in [2.75, 3.05) is 11.9 Å². The van der Waals surface area contributed by atoms with Gasteiger partial charge in [0.15, 0.2) is 0 Å². The van der Waals surface area contributed by atoms with Gasteiger partial charge in [0, 0.05) is 19.8 Å². The van der Waals surface area contributed by atoms with Gasteiger partial charge in [-0.1, -0.05) is 5.10 Å². The van der Waals surface area contributed by atoms with Gasteiger partial charge in [-0.15, -0.1) is 0 Å². The Hall–Kier alpha value is -2.44. The van der Waals surface area contributed by atoms with Gasteiger partial charge >= 0.3 is 5.97 Å². The Morgan fingerprint density at radius 1 is 1.35 bits per heavy atom. The molecule has 0 bridgehead atoms. The molecule has 2 aromatic rings. The summed E-state index contributed by atoms with van der Waals surface area (Å²) >= 11 is 0. The lowest BCUT2D eigenvalue weighted by Crippen LogP contribution is -2.14. The zero-order chi connectivity index (χ0) is 12.4. The molecular weight excluding hydrogens is 222 g/mol. The fourth-order valence-electron chi connectivity index (χ4n) is 1.45. The molecule has 0 fully saturated rings. The van der Waals surface area contributed by atoms with E-state index in [1.165, 1.54) is 16.8 Å². The van der Waals surface area contributed by atoms with E-state index in [-0.39, 0.29) is 5.56 Å². The number of nitrogens with zero attached hydrogens (tertiary/aromatic N) is 5. The van der Waals surface area contributed by atoms with E-state index in [0.29, 0.717) is 5.95 Å². The van der Waals surface area contributed by atoms with E-state index in [0.717, 1.165) is 5.69 Å². The first-order valence-corrected chi connectivity index (χ1v) is 4.89. The molecule has 1 heterocycles. The van der Waals surface area contributed by atoms with Gasteiger partial charge < -0.3 is 10.0 Å². The predicted octanol–water partition coefficient (Wildman–Crippen LogP) is 0.676. The summed E-state index contributed by atoms with van der Waals surface area (Å²) in [4.78, 5) is 12.5. The molecule has 0 aliphatic carbocycles. The molecule has 0 saturated heterocycles. The predicted molar refractivity (Wildman–Crippen MR) is 60.3 cm³/mol. The van der Waals surface area contributed by atoms with Crippen LogP contribution in [0.25, 0.3) is 0 Å². The smallest absolute Gasteiger partial charge is 0.335 e. The maximum absolute atomic E-state index is 10.7. The average molecular weight is 233 g/mol. The van der Waals surface area contributed by atoms with E-state index in [1.807, 2.05) is 7.05 Å². The highest BCUT2D eigenvalue weighted by atomic mass is 16.4. The summed E-state index contributed by atoms with van der Waals surface area (Å²) in [6.07, 6.45) is 0. The number of tetrazole rings is 1. The average Bonchev–Trinajstić information content (AvgIpc) is 2.74. The number of rotatable bonds is 3. The van der Waals surface area contributed by atoms with Gasteiger partial charge in [-0.05, 0) is 34.7 Å². The van der Waals surface area contributed by atoms with Crippen molar-refractivity contribution in [3.05, 3.63) is 29.8 Å². The third-order valence-corrected chi connectivity index (χ3v) is 2.40. The monoisotopic (exact) mass is 233 g/mol. The minimum absolute atomic E-state index is 0.248. The second kappa shape index (κ2) is 4.20. The third-order valence-electron chi connectivity index (χ3n) is 2.40. The van der Waals surface area contributed by atoms with Crippen molar-refractivity contribution in [3.8, 4) is 0 Å². The van der Waals surface area contributed by atoms with E-state index >= 15 is 0 Å². The molecule has 17 heavy (non-hydrogen) atoms. The molecule has 0 amide bonds. The number of aromatic nitrogens is 4. The number of hydrogen-bond acceptors (Lipinski definition) is 5. The van der Waals surface area contributed by atoms with Crippen LogP contribution in [-0.2, 0) is 7.05 Å². The molecule has 2 rings (SSSR count). The summed E-state index contributed by atoms with van der Waals surface area (Å²) in [5.41, 5.74) is 1.06. The van der Waals surface area contributed by atoms with Gasteiger partial charge in [0.25, 0.3) is 0 Å². The summed E-state index contributed by atoms with van der Waals surface area (Å²) in [6.45, 7) is 0. The van der Waals surface area contributed by atoms with E-state index in [2.05, 4.69) is 15.5 Å². The summed E-state index contributed by atoms with van der Waals surface area (Å²) in [7, 11) is 3.54. The Kier molecular flexibility index (Phi) is 2.73. The number of benzene rings is 1. The highest BCUT2D eigenvalue weighted by Crippen LogP contribution is 2.20. The van der Waals surface area contributed by atoms with Crippen molar-refractivity contribution in [1.29, 1.82) is 0 Å². The molecule has 0 radical (unpaired) electrons. The highest BCUT2D eigenvalue weighted by Gasteiger charge is 2.11. The van der Waals surface area contributed by atoms with Crippen molar-refractivity contribution >= 4 is 17.6 Å². The van der Waals surface area contributed by atoms with Crippen LogP contribution >= 0.6 is 0 Å². The van der Waals surface area contributed by atoms with Crippen LogP contribution < -0.4 is 4.90 Å². The van der Waals surface area contributed by atoms with Crippen molar-refractivity contribution < 1.29 is 9.90 Å². The summed E-state index contributed by atoms with van der Waals surface area (Å²) in [5.74, 6) is -0.368. The molecule has 88 valence electrons. The molecule has 0 atom stereocenters. The Bertz CT molecular complexity index is 534. The van der Waals surface area contributed by atoms with Crippen LogP contribution in [0.2, 0.25) is 0 Å². The number of aryl methyl sites for hydroxylation is 1. The topological polar surface area (TPSA) is 84.1 Å². The third kappa shape index (κ3) is 2.07. The number of hydrogen-bond donors (Lipinski definition) is 1. The lowest BCUT2D eigenvalue weighted by Gasteiger charge is -2.16. The van der Waals surface area contributed by atoms with Gasteiger partial charge in [0.2, 0.25) is 5.95 Å². The van der Waals surface area contributed by atoms with E-state index in [4.69, 9.17) is 5.11 Å². The molecule has 0 aliphatic heterocycles. The molecule has 0 spiro atoms. The number of carboxylic acid groups (broad SMARTS) is 1. The van der Waals surface area contributed by atoms with Gasteiger partial charge in [0.1, 0.15) is 0 Å². The quantitative estimate of drug-likeness (QED) is 0.839. The van der Waals surface area contributed by atoms with Crippen LogP contribution in [0.5, 0.6) is 0 Å². The van der Waals surface area contributed by atoms with Crippen LogP contribution in [0.3, 0.4) is 0 Å². The number of carboxylic acids is 1. The maximum atomic E-state index is 10.7. The van der Waals surface area contributed by atoms with Crippen LogP contribution in [0.15, 0.2) is 24.3 Å². The zero-order valence-electron chi connectivity index (χ0n) is 9.40. The molecule has 1 aromatic carbocycles. The van der Waals surface area contributed by atoms with Crippen molar-refractivity contribution in [1.82, 2.24) is 20.2 Å². The standard InChI is InChI=1S/C10H11N5O2/c1-14(10-11-12-13-15(10)2)8-5-3-7(4-6-8)9(16)17/h3-6H,1-2H3,(H,16,17). The zero-order valence-corrected chi connectivity index (χ0v) is 9.40. The Morgan fingerprint density at radius 3 is 2.47 bits per heavy atom. The van der Waals surface area contributed by atoms with Crippen molar-refractivity contribution in [2.45, 2.75) is 0 Å². The largest absolute Gasteiger partial charge is 0.478 e. The van der Waals surface area contributed by atoms with E-state index in [1.54, 1.807) is 24.1 Å². The molecule has 7 heteroatoms. The number of aromatic carboxylic acids is 1. The molecule has 0 aliphatic rings. The number of carbonyl (C=O) groups is 1. The second-order valence-corrected chi connectivity index (χ2v) is 3.51. The van der Waals surface area contributed by atoms with E-state index in [9.17, 15) is 4.79 Å². The Labute approximate surface area is 97.3 Å². The molecule has 1 N–H and O–H groups in total. The van der Waals surface area contributed by atoms with Crippen LogP contribution in [0, 0.1) is 0 Å². The van der Waals surface area contributed by atoms with Gasteiger partial charge in [-0.25, -0.2) is 9.48 Å². The Balaban J connectivity index is 2.29. The fraction of sp³-hybridized carbons (Fsp3) is 0.200. The Morgan fingerprint density at radius 2 is 2.00 bits per heavy atom. The maximum Gasteiger partial charge on any atom is 0.335 e. The van der Waals surface area contributed by atoms with Gasteiger partial charge in [-0.3, -0.25) is 0 Å². The number of anilines is 2. The lowest BCUT2D eigenvalue weighted by atomic mass is 10.2. The van der Waals surface area contributed by atoms with Crippen LogP contribution in [0.1, 0.15) is 10.4 Å².